The number of carbonyl (C=O) groups is 1. The van der Waals surface area contributed by atoms with Gasteiger partial charge in [0, 0.05) is 19.7 Å². The van der Waals surface area contributed by atoms with Crippen molar-refractivity contribution in [3.63, 3.8) is 0 Å². The van der Waals surface area contributed by atoms with Gasteiger partial charge in [0.05, 0.1) is 40.9 Å². The normalized spacial score (nSPS) is 11.7. The molecule has 0 fully saturated rings. The summed E-state index contributed by atoms with van der Waals surface area (Å²) in [4.78, 5) is 19.9. The second kappa shape index (κ2) is 8.74. The first-order valence-corrected chi connectivity index (χ1v) is 9.78. The van der Waals surface area contributed by atoms with E-state index >= 15 is 0 Å². The summed E-state index contributed by atoms with van der Waals surface area (Å²) in [6.45, 7) is 3.54. The lowest BCUT2D eigenvalue weighted by Crippen LogP contribution is -2.37. The highest BCUT2D eigenvalue weighted by Gasteiger charge is 2.24. The highest BCUT2D eigenvalue weighted by atomic mass is 32.1. The number of thiophene rings is 1. The molecule has 0 radical (unpaired) electrons. The summed E-state index contributed by atoms with van der Waals surface area (Å²) >= 11 is 1.50. The van der Waals surface area contributed by atoms with Gasteiger partial charge in [-0.15, -0.1) is 11.3 Å². The number of rotatable bonds is 8. The molecule has 9 heteroatoms. The SMILES string of the molecule is COCCN(CC(F)F)C(=O)c1cc(-c2cccs2)nc2c1cnn2C(C)C. The summed E-state index contributed by atoms with van der Waals surface area (Å²) in [7, 11) is 1.47. The molecule has 0 atom stereocenters. The molecule has 0 N–H and O–H groups in total. The maximum absolute atomic E-state index is 13.2. The van der Waals surface area contributed by atoms with E-state index in [1.807, 2.05) is 31.4 Å². The van der Waals surface area contributed by atoms with E-state index in [-0.39, 0.29) is 19.2 Å². The Balaban J connectivity index is 2.13. The van der Waals surface area contributed by atoms with Gasteiger partial charge in [0.15, 0.2) is 5.65 Å². The summed E-state index contributed by atoms with van der Waals surface area (Å²) < 4.78 is 32.8. The molecule has 28 heavy (non-hydrogen) atoms. The molecule has 0 aromatic carbocycles. The maximum atomic E-state index is 13.2. The topological polar surface area (TPSA) is 60.2 Å². The Morgan fingerprint density at radius 1 is 1.39 bits per heavy atom. The number of hydrogen-bond donors (Lipinski definition) is 0. The van der Waals surface area contributed by atoms with Crippen LogP contribution in [0.2, 0.25) is 0 Å². The van der Waals surface area contributed by atoms with Gasteiger partial charge in [-0.05, 0) is 31.4 Å². The molecule has 3 heterocycles. The van der Waals surface area contributed by atoms with Crippen LogP contribution in [-0.2, 0) is 4.74 Å². The number of ether oxygens (including phenoxy) is 1. The summed E-state index contributed by atoms with van der Waals surface area (Å²) in [6, 6.07) is 5.51. The van der Waals surface area contributed by atoms with Gasteiger partial charge in [-0.25, -0.2) is 18.4 Å². The van der Waals surface area contributed by atoms with E-state index < -0.39 is 18.9 Å². The standard InChI is InChI=1S/C19H22F2N4O2S/c1-12(2)25-18-14(10-22-25)13(9-15(23-18)16-5-4-8-28-16)19(26)24(6-7-27-3)11-17(20)21/h4-5,8-10,12,17H,6-7,11H2,1-3H3. The van der Waals surface area contributed by atoms with Crippen molar-refractivity contribution >= 4 is 28.3 Å². The minimum Gasteiger partial charge on any atom is -0.383 e. The Morgan fingerprint density at radius 3 is 2.79 bits per heavy atom. The fourth-order valence-electron chi connectivity index (χ4n) is 2.94. The van der Waals surface area contributed by atoms with Gasteiger partial charge in [0.1, 0.15) is 0 Å². The molecule has 0 aliphatic heterocycles. The third-order valence-corrected chi connectivity index (χ3v) is 5.16. The van der Waals surface area contributed by atoms with Crippen LogP contribution in [0.4, 0.5) is 8.78 Å². The molecule has 0 spiro atoms. The average molecular weight is 408 g/mol. The Bertz CT molecular complexity index is 941. The van der Waals surface area contributed by atoms with Crippen LogP contribution >= 0.6 is 11.3 Å². The smallest absolute Gasteiger partial charge is 0.255 e. The number of hydrogen-bond acceptors (Lipinski definition) is 5. The van der Waals surface area contributed by atoms with E-state index in [4.69, 9.17) is 9.72 Å². The van der Waals surface area contributed by atoms with Crippen molar-refractivity contribution in [1.82, 2.24) is 19.7 Å². The van der Waals surface area contributed by atoms with Crippen LogP contribution in [0.15, 0.2) is 29.8 Å². The summed E-state index contributed by atoms with van der Waals surface area (Å²) in [5, 5.41) is 6.83. The number of methoxy groups -OCH3 is 1. The average Bonchev–Trinajstić information content (AvgIpc) is 3.32. The van der Waals surface area contributed by atoms with Crippen LogP contribution in [0.25, 0.3) is 21.6 Å². The van der Waals surface area contributed by atoms with Crippen molar-refractivity contribution < 1.29 is 18.3 Å². The molecule has 3 aromatic rings. The zero-order chi connectivity index (χ0) is 20.3. The lowest BCUT2D eigenvalue weighted by atomic mass is 10.1. The van der Waals surface area contributed by atoms with Gasteiger partial charge in [-0.2, -0.15) is 5.10 Å². The van der Waals surface area contributed by atoms with Crippen LogP contribution in [0.1, 0.15) is 30.2 Å². The van der Waals surface area contributed by atoms with Gasteiger partial charge < -0.3 is 9.64 Å². The molecule has 1 amide bonds. The number of aromatic nitrogens is 3. The molecule has 0 saturated carbocycles. The molecule has 0 aliphatic carbocycles. The van der Waals surface area contributed by atoms with Crippen molar-refractivity contribution in [2.75, 3.05) is 26.8 Å². The molecule has 3 rings (SSSR count). The zero-order valence-corrected chi connectivity index (χ0v) is 16.7. The zero-order valence-electron chi connectivity index (χ0n) is 15.9. The Labute approximate surface area is 165 Å². The number of nitrogens with zero attached hydrogens (tertiary/aromatic N) is 4. The van der Waals surface area contributed by atoms with Crippen LogP contribution < -0.4 is 0 Å². The van der Waals surface area contributed by atoms with Crippen molar-refractivity contribution in [1.29, 1.82) is 0 Å². The molecule has 150 valence electrons. The van der Waals surface area contributed by atoms with Crippen LogP contribution in [-0.4, -0.2) is 58.8 Å². The Morgan fingerprint density at radius 2 is 2.18 bits per heavy atom. The van der Waals surface area contributed by atoms with Gasteiger partial charge in [-0.3, -0.25) is 4.79 Å². The maximum Gasteiger partial charge on any atom is 0.255 e. The van der Waals surface area contributed by atoms with Crippen LogP contribution in [0.3, 0.4) is 0 Å². The second-order valence-electron chi connectivity index (χ2n) is 6.59. The third-order valence-electron chi connectivity index (χ3n) is 4.27. The summed E-state index contributed by atoms with van der Waals surface area (Å²) in [5.74, 6) is -0.481. The fourth-order valence-corrected chi connectivity index (χ4v) is 3.62. The first-order chi connectivity index (χ1) is 13.4. The minimum absolute atomic E-state index is 0.0391. The highest BCUT2D eigenvalue weighted by molar-refractivity contribution is 7.13. The molecule has 6 nitrogen and oxygen atoms in total. The Hall–Kier alpha value is -2.39. The first kappa shape index (κ1) is 20.3. The van der Waals surface area contributed by atoms with E-state index in [1.165, 1.54) is 18.4 Å². The second-order valence-corrected chi connectivity index (χ2v) is 7.54. The molecular weight excluding hydrogens is 386 g/mol. The van der Waals surface area contributed by atoms with E-state index in [0.717, 1.165) is 9.78 Å². The predicted octanol–water partition coefficient (Wildman–Crippen LogP) is 4.09. The predicted molar refractivity (Wildman–Crippen MR) is 105 cm³/mol. The van der Waals surface area contributed by atoms with Gasteiger partial charge in [0.25, 0.3) is 12.3 Å². The molecule has 0 aliphatic rings. The largest absolute Gasteiger partial charge is 0.383 e. The third kappa shape index (κ3) is 4.20. The monoisotopic (exact) mass is 408 g/mol. The van der Waals surface area contributed by atoms with Crippen molar-refractivity contribution in [2.24, 2.45) is 0 Å². The summed E-state index contributed by atoms with van der Waals surface area (Å²) in [5.41, 5.74) is 1.50. The number of carbonyl (C=O) groups excluding carboxylic acids is 1. The van der Waals surface area contributed by atoms with Crippen LogP contribution in [0.5, 0.6) is 0 Å². The van der Waals surface area contributed by atoms with Gasteiger partial charge >= 0.3 is 0 Å². The molecule has 0 unspecified atom stereocenters. The molecule has 3 aromatic heterocycles. The number of halogens is 2. The van der Waals surface area contributed by atoms with Crippen LogP contribution in [0, 0.1) is 0 Å². The van der Waals surface area contributed by atoms with Crippen molar-refractivity contribution in [3.05, 3.63) is 35.3 Å². The highest BCUT2D eigenvalue weighted by Crippen LogP contribution is 2.29. The molecule has 0 bridgehead atoms. The van der Waals surface area contributed by atoms with Gasteiger partial charge in [-0.1, -0.05) is 6.07 Å². The fraction of sp³-hybridized carbons (Fsp3) is 0.421. The van der Waals surface area contributed by atoms with E-state index in [9.17, 15) is 13.6 Å². The molecular formula is C19H22F2N4O2S. The van der Waals surface area contributed by atoms with E-state index in [2.05, 4.69) is 5.10 Å². The first-order valence-electron chi connectivity index (χ1n) is 8.90. The lowest BCUT2D eigenvalue weighted by molar-refractivity contribution is 0.0479. The summed E-state index contributed by atoms with van der Waals surface area (Å²) in [6.07, 6.45) is -1.06. The quantitative estimate of drug-likeness (QED) is 0.563. The molecule has 0 saturated heterocycles. The minimum atomic E-state index is -2.63. The lowest BCUT2D eigenvalue weighted by Gasteiger charge is -2.22. The van der Waals surface area contributed by atoms with Crippen molar-refractivity contribution in [3.8, 4) is 10.6 Å². The number of amides is 1. The number of alkyl halides is 2. The number of fused-ring (bicyclic) bond motifs is 1. The van der Waals surface area contributed by atoms with E-state index in [1.54, 1.807) is 16.9 Å². The number of pyridine rings is 1. The van der Waals surface area contributed by atoms with Gasteiger partial charge in [0.2, 0.25) is 0 Å². The van der Waals surface area contributed by atoms with E-state index in [0.29, 0.717) is 22.3 Å². The van der Waals surface area contributed by atoms with Crippen molar-refractivity contribution in [2.45, 2.75) is 26.3 Å². The Kier molecular flexibility index (Phi) is 6.35.